The van der Waals surface area contributed by atoms with Crippen molar-refractivity contribution in [3.05, 3.63) is 47.9 Å². The van der Waals surface area contributed by atoms with Crippen molar-refractivity contribution in [3.8, 4) is 5.88 Å². The highest BCUT2D eigenvalue weighted by atomic mass is 19.1. The molecule has 4 rings (SSSR count). The minimum atomic E-state index is -0.288. The molecule has 0 radical (unpaired) electrons. The Morgan fingerprint density at radius 2 is 2.07 bits per heavy atom. The quantitative estimate of drug-likeness (QED) is 0.812. The lowest BCUT2D eigenvalue weighted by molar-refractivity contribution is 0.159. The molecule has 0 unspecified atom stereocenters. The van der Waals surface area contributed by atoms with Gasteiger partial charge in [-0.3, -0.25) is 0 Å². The average molecular weight is 385 g/mol. The van der Waals surface area contributed by atoms with Gasteiger partial charge in [-0.1, -0.05) is 12.1 Å². The molecule has 3 heterocycles. The van der Waals surface area contributed by atoms with Crippen LogP contribution in [0, 0.1) is 17.7 Å². The van der Waals surface area contributed by atoms with Gasteiger partial charge < -0.3 is 19.4 Å². The summed E-state index contributed by atoms with van der Waals surface area (Å²) in [6.45, 7) is 2.08. The van der Waals surface area contributed by atoms with Gasteiger partial charge in [0.1, 0.15) is 5.82 Å². The number of hydrogen-bond acceptors (Lipinski definition) is 5. The molecule has 0 N–H and O–H groups in total. The van der Waals surface area contributed by atoms with Crippen molar-refractivity contribution in [2.75, 3.05) is 45.7 Å². The summed E-state index contributed by atoms with van der Waals surface area (Å²) in [5.41, 5.74) is 0.830. The van der Waals surface area contributed by atoms with Gasteiger partial charge in [0.25, 0.3) is 0 Å². The lowest BCUT2D eigenvalue weighted by Gasteiger charge is -2.31. The molecule has 2 aliphatic heterocycles. The summed E-state index contributed by atoms with van der Waals surface area (Å²) in [5.74, 6) is 1.31. The van der Waals surface area contributed by atoms with E-state index < -0.39 is 0 Å². The zero-order valence-electron chi connectivity index (χ0n) is 16.2. The molecule has 0 saturated carbocycles. The van der Waals surface area contributed by atoms with Crippen molar-refractivity contribution in [2.24, 2.45) is 11.8 Å². The standard InChI is InChI=1S/C20H24FN5O2/c1-24(2)20(27)26-11-14-10-25(19-22-8-7-17(23-19)28-3)12-16(14)18(26)13-5-4-6-15(21)9-13/h4-9,14,16,18H,10-12H2,1-3H3/t14-,16-,18-/m1/s1. The number of amides is 2. The fourth-order valence-electron chi connectivity index (χ4n) is 4.38. The Morgan fingerprint density at radius 1 is 1.25 bits per heavy atom. The van der Waals surface area contributed by atoms with Crippen LogP contribution in [0.4, 0.5) is 15.1 Å². The van der Waals surface area contributed by atoms with Crippen LogP contribution in [0.1, 0.15) is 11.6 Å². The van der Waals surface area contributed by atoms with E-state index in [1.807, 2.05) is 11.0 Å². The number of halogens is 1. The molecule has 8 heteroatoms. The maximum Gasteiger partial charge on any atom is 0.320 e. The minimum absolute atomic E-state index is 0.0483. The third kappa shape index (κ3) is 3.23. The second-order valence-corrected chi connectivity index (χ2v) is 7.56. The Morgan fingerprint density at radius 3 is 2.79 bits per heavy atom. The maximum atomic E-state index is 13.9. The van der Waals surface area contributed by atoms with E-state index in [9.17, 15) is 9.18 Å². The third-order valence-electron chi connectivity index (χ3n) is 5.59. The molecule has 3 atom stereocenters. The monoisotopic (exact) mass is 385 g/mol. The second-order valence-electron chi connectivity index (χ2n) is 7.56. The smallest absolute Gasteiger partial charge is 0.320 e. The molecule has 2 aliphatic rings. The molecular formula is C20H24FN5O2. The number of urea groups is 1. The van der Waals surface area contributed by atoms with E-state index in [1.165, 1.54) is 12.1 Å². The Bertz CT molecular complexity index is 877. The lowest BCUT2D eigenvalue weighted by Crippen LogP contribution is -2.41. The van der Waals surface area contributed by atoms with Crippen molar-refractivity contribution in [2.45, 2.75) is 6.04 Å². The molecule has 2 amide bonds. The highest BCUT2D eigenvalue weighted by Crippen LogP contribution is 2.46. The summed E-state index contributed by atoms with van der Waals surface area (Å²) in [7, 11) is 5.07. The van der Waals surface area contributed by atoms with Gasteiger partial charge in [0, 0.05) is 57.8 Å². The molecule has 148 valence electrons. The van der Waals surface area contributed by atoms with Gasteiger partial charge in [0.15, 0.2) is 0 Å². The van der Waals surface area contributed by atoms with Crippen LogP contribution in [0.3, 0.4) is 0 Å². The summed E-state index contributed by atoms with van der Waals surface area (Å²) >= 11 is 0. The van der Waals surface area contributed by atoms with Gasteiger partial charge in [0.05, 0.1) is 13.2 Å². The largest absolute Gasteiger partial charge is 0.481 e. The van der Waals surface area contributed by atoms with Gasteiger partial charge in [-0.05, 0) is 17.7 Å². The number of carbonyl (C=O) groups excluding carboxylic acids is 1. The van der Waals surface area contributed by atoms with Crippen molar-refractivity contribution in [1.29, 1.82) is 0 Å². The summed E-state index contributed by atoms with van der Waals surface area (Å²) in [4.78, 5) is 27.2. The SMILES string of the molecule is COc1ccnc(N2C[C@@H]3CN(C(=O)N(C)C)[C@H](c4cccc(F)c4)[C@@H]3C2)n1. The van der Waals surface area contributed by atoms with Crippen LogP contribution in [0.2, 0.25) is 0 Å². The first-order valence-corrected chi connectivity index (χ1v) is 9.33. The molecule has 28 heavy (non-hydrogen) atoms. The first-order chi connectivity index (χ1) is 13.5. The topological polar surface area (TPSA) is 61.8 Å². The number of ether oxygens (including phenoxy) is 1. The van der Waals surface area contributed by atoms with E-state index in [0.717, 1.165) is 12.1 Å². The molecule has 1 aromatic carbocycles. The van der Waals surface area contributed by atoms with Crippen LogP contribution in [0.25, 0.3) is 0 Å². The van der Waals surface area contributed by atoms with Crippen LogP contribution in [0.5, 0.6) is 5.88 Å². The van der Waals surface area contributed by atoms with Crippen LogP contribution in [-0.2, 0) is 0 Å². The molecule has 7 nitrogen and oxygen atoms in total. The van der Waals surface area contributed by atoms with Crippen molar-refractivity contribution >= 4 is 12.0 Å². The highest BCUT2D eigenvalue weighted by Gasteiger charge is 2.50. The first-order valence-electron chi connectivity index (χ1n) is 9.33. The number of methoxy groups -OCH3 is 1. The summed E-state index contributed by atoms with van der Waals surface area (Å²) in [5, 5.41) is 0. The molecule has 2 aromatic rings. The highest BCUT2D eigenvalue weighted by molar-refractivity contribution is 5.75. The number of aromatic nitrogens is 2. The fourth-order valence-corrected chi connectivity index (χ4v) is 4.38. The maximum absolute atomic E-state index is 13.9. The molecule has 2 saturated heterocycles. The number of hydrogen-bond donors (Lipinski definition) is 0. The van der Waals surface area contributed by atoms with Crippen molar-refractivity contribution < 1.29 is 13.9 Å². The van der Waals surface area contributed by atoms with Crippen molar-refractivity contribution in [3.63, 3.8) is 0 Å². The van der Waals surface area contributed by atoms with Gasteiger partial charge >= 0.3 is 6.03 Å². The molecule has 2 fully saturated rings. The molecule has 0 spiro atoms. The molecule has 0 bridgehead atoms. The van der Waals surface area contributed by atoms with E-state index in [0.29, 0.717) is 24.9 Å². The van der Waals surface area contributed by atoms with E-state index >= 15 is 0 Å². The number of nitrogens with zero attached hydrogens (tertiary/aromatic N) is 5. The number of benzene rings is 1. The second kappa shape index (κ2) is 7.26. The normalized spacial score (nSPS) is 23.6. The molecule has 0 aliphatic carbocycles. The fraction of sp³-hybridized carbons (Fsp3) is 0.450. The number of fused-ring (bicyclic) bond motifs is 1. The third-order valence-corrected chi connectivity index (χ3v) is 5.59. The van der Waals surface area contributed by atoms with E-state index in [4.69, 9.17) is 4.74 Å². The Balaban J connectivity index is 1.64. The first kappa shape index (κ1) is 18.5. The van der Waals surface area contributed by atoms with Gasteiger partial charge in [-0.25, -0.2) is 14.2 Å². The van der Waals surface area contributed by atoms with Gasteiger partial charge in [-0.15, -0.1) is 0 Å². The number of anilines is 1. The zero-order valence-corrected chi connectivity index (χ0v) is 16.2. The number of carbonyl (C=O) groups is 1. The van der Waals surface area contributed by atoms with Crippen LogP contribution in [-0.4, -0.2) is 66.6 Å². The summed E-state index contributed by atoms with van der Waals surface area (Å²) in [6.07, 6.45) is 1.68. The van der Waals surface area contributed by atoms with E-state index in [-0.39, 0.29) is 29.7 Å². The zero-order chi connectivity index (χ0) is 19.8. The van der Waals surface area contributed by atoms with Crippen LogP contribution < -0.4 is 9.64 Å². The summed E-state index contributed by atoms with van der Waals surface area (Å²) < 4.78 is 19.1. The number of rotatable bonds is 3. The molecular weight excluding hydrogens is 361 g/mol. The Hall–Kier alpha value is -2.90. The van der Waals surface area contributed by atoms with E-state index in [2.05, 4.69) is 14.9 Å². The number of likely N-dealkylation sites (tertiary alicyclic amines) is 1. The van der Waals surface area contributed by atoms with Gasteiger partial charge in [0.2, 0.25) is 11.8 Å². The Kier molecular flexibility index (Phi) is 4.78. The van der Waals surface area contributed by atoms with E-state index in [1.54, 1.807) is 44.4 Å². The predicted octanol–water partition coefficient (Wildman–Crippen LogP) is 2.42. The van der Waals surface area contributed by atoms with Crippen LogP contribution in [0.15, 0.2) is 36.5 Å². The van der Waals surface area contributed by atoms with Crippen LogP contribution >= 0.6 is 0 Å². The average Bonchev–Trinajstić information content (AvgIpc) is 3.25. The summed E-state index contributed by atoms with van der Waals surface area (Å²) in [6, 6.07) is 8.06. The molecule has 1 aromatic heterocycles. The lowest BCUT2D eigenvalue weighted by atomic mass is 9.89. The Labute approximate surface area is 163 Å². The van der Waals surface area contributed by atoms with Gasteiger partial charge in [-0.2, -0.15) is 4.98 Å². The minimum Gasteiger partial charge on any atom is -0.481 e. The van der Waals surface area contributed by atoms with Crippen molar-refractivity contribution in [1.82, 2.24) is 19.8 Å². The predicted molar refractivity (Wildman–Crippen MR) is 103 cm³/mol.